The number of anilines is 1. The Hall–Kier alpha value is -1.33. The van der Waals surface area contributed by atoms with Gasteiger partial charge in [-0.25, -0.2) is 4.98 Å². The van der Waals surface area contributed by atoms with Crippen LogP contribution in [0.1, 0.15) is 0 Å². The molecule has 1 unspecified atom stereocenters. The topological polar surface area (TPSA) is 55.4 Å². The Morgan fingerprint density at radius 1 is 1.47 bits per heavy atom. The van der Waals surface area contributed by atoms with E-state index in [0.717, 1.165) is 32.1 Å². The molecule has 2 heterocycles. The van der Waals surface area contributed by atoms with E-state index in [-0.39, 0.29) is 0 Å². The summed E-state index contributed by atoms with van der Waals surface area (Å²) in [6.07, 6.45) is 4.60. The Morgan fingerprint density at radius 3 is 2.73 bits per heavy atom. The zero-order chi connectivity index (χ0) is 10.7. The van der Waals surface area contributed by atoms with Crippen molar-refractivity contribution in [2.45, 2.75) is 6.23 Å². The molecule has 0 spiro atoms. The molecule has 1 fully saturated rings. The molecule has 1 aromatic rings. The van der Waals surface area contributed by atoms with Crippen molar-refractivity contribution in [3.8, 4) is 0 Å². The maximum atomic E-state index is 9.57. The van der Waals surface area contributed by atoms with Gasteiger partial charge in [-0.1, -0.05) is 6.58 Å². The van der Waals surface area contributed by atoms with Crippen LogP contribution in [0.2, 0.25) is 0 Å². The Kier molecular flexibility index (Phi) is 3.03. The van der Waals surface area contributed by atoms with E-state index in [0.29, 0.717) is 0 Å². The lowest BCUT2D eigenvalue weighted by Gasteiger charge is -2.36. The van der Waals surface area contributed by atoms with Gasteiger partial charge in [-0.05, 0) is 6.08 Å². The predicted octanol–water partition coefficient (Wildman–Crippen LogP) is 0.0361. The van der Waals surface area contributed by atoms with Gasteiger partial charge >= 0.3 is 0 Å². The minimum absolute atomic E-state index is 0.524. The highest BCUT2D eigenvalue weighted by molar-refractivity contribution is 5.29. The SMILES string of the molecule is C=CC(O)N1CCN(c2ncc[nH]2)CC1. The highest BCUT2D eigenvalue weighted by Gasteiger charge is 2.21. The van der Waals surface area contributed by atoms with Gasteiger partial charge in [0, 0.05) is 38.6 Å². The van der Waals surface area contributed by atoms with Crippen molar-refractivity contribution in [2.75, 3.05) is 31.1 Å². The van der Waals surface area contributed by atoms with E-state index in [1.807, 2.05) is 11.1 Å². The summed E-state index contributed by atoms with van der Waals surface area (Å²) in [4.78, 5) is 11.4. The van der Waals surface area contributed by atoms with Crippen molar-refractivity contribution in [3.63, 3.8) is 0 Å². The minimum Gasteiger partial charge on any atom is -0.375 e. The van der Waals surface area contributed by atoms with Gasteiger partial charge in [-0.2, -0.15) is 0 Å². The van der Waals surface area contributed by atoms with Gasteiger partial charge in [-0.3, -0.25) is 4.90 Å². The first-order chi connectivity index (χ1) is 7.31. The Balaban J connectivity index is 1.90. The summed E-state index contributed by atoms with van der Waals surface area (Å²) in [6, 6.07) is 0. The number of nitrogens with one attached hydrogen (secondary N) is 1. The van der Waals surface area contributed by atoms with E-state index >= 15 is 0 Å². The normalized spacial score (nSPS) is 20.2. The van der Waals surface area contributed by atoms with Crippen molar-refractivity contribution in [3.05, 3.63) is 25.0 Å². The zero-order valence-corrected chi connectivity index (χ0v) is 8.63. The first-order valence-electron chi connectivity index (χ1n) is 5.10. The third-order valence-corrected chi connectivity index (χ3v) is 2.68. The molecule has 5 nitrogen and oxygen atoms in total. The van der Waals surface area contributed by atoms with Crippen LogP contribution in [0.4, 0.5) is 5.95 Å². The number of aromatic nitrogens is 2. The monoisotopic (exact) mass is 208 g/mol. The van der Waals surface area contributed by atoms with E-state index in [9.17, 15) is 5.11 Å². The molecule has 1 aliphatic rings. The van der Waals surface area contributed by atoms with Crippen LogP contribution in [-0.2, 0) is 0 Å². The number of imidazole rings is 1. The largest absolute Gasteiger partial charge is 0.375 e. The van der Waals surface area contributed by atoms with E-state index in [1.54, 1.807) is 12.3 Å². The van der Waals surface area contributed by atoms with E-state index in [1.165, 1.54) is 0 Å². The van der Waals surface area contributed by atoms with E-state index < -0.39 is 6.23 Å². The van der Waals surface area contributed by atoms with Gasteiger partial charge in [0.15, 0.2) is 0 Å². The lowest BCUT2D eigenvalue weighted by Crippen LogP contribution is -2.50. The number of piperazine rings is 1. The lowest BCUT2D eigenvalue weighted by molar-refractivity contribution is 0.0378. The quantitative estimate of drug-likeness (QED) is 0.688. The molecule has 1 aromatic heterocycles. The van der Waals surface area contributed by atoms with Crippen molar-refractivity contribution in [1.29, 1.82) is 0 Å². The Bertz CT molecular complexity index is 303. The Labute approximate surface area is 89.0 Å². The fourth-order valence-electron chi connectivity index (χ4n) is 1.78. The molecule has 0 radical (unpaired) electrons. The number of hydrogen-bond acceptors (Lipinski definition) is 4. The average molecular weight is 208 g/mol. The van der Waals surface area contributed by atoms with Gasteiger partial charge in [0.05, 0.1) is 0 Å². The fourth-order valence-corrected chi connectivity index (χ4v) is 1.78. The summed E-state index contributed by atoms with van der Waals surface area (Å²) < 4.78 is 0. The fraction of sp³-hybridized carbons (Fsp3) is 0.500. The molecule has 5 heteroatoms. The van der Waals surface area contributed by atoms with Crippen LogP contribution in [-0.4, -0.2) is 52.4 Å². The molecule has 0 aliphatic carbocycles. The number of rotatable bonds is 3. The van der Waals surface area contributed by atoms with Gasteiger partial charge in [0.2, 0.25) is 5.95 Å². The molecule has 15 heavy (non-hydrogen) atoms. The lowest BCUT2D eigenvalue weighted by atomic mass is 10.3. The second-order valence-electron chi connectivity index (χ2n) is 3.59. The molecule has 82 valence electrons. The summed E-state index contributed by atoms with van der Waals surface area (Å²) in [6.45, 7) is 6.98. The molecule has 0 amide bonds. The Morgan fingerprint density at radius 2 is 2.20 bits per heavy atom. The molecule has 2 N–H and O–H groups in total. The summed E-state index contributed by atoms with van der Waals surface area (Å²) >= 11 is 0. The number of nitrogens with zero attached hydrogens (tertiary/aromatic N) is 3. The van der Waals surface area contributed by atoms with Gasteiger partial charge in [-0.15, -0.1) is 0 Å². The number of aliphatic hydroxyl groups excluding tert-OH is 1. The highest BCUT2D eigenvalue weighted by atomic mass is 16.3. The molecule has 1 atom stereocenters. The van der Waals surface area contributed by atoms with Crippen LogP contribution < -0.4 is 4.90 Å². The second kappa shape index (κ2) is 4.46. The van der Waals surface area contributed by atoms with Crippen LogP contribution >= 0.6 is 0 Å². The summed E-state index contributed by atoms with van der Waals surface area (Å²) in [5.41, 5.74) is 0. The van der Waals surface area contributed by atoms with Crippen LogP contribution in [0.15, 0.2) is 25.0 Å². The number of hydrogen-bond donors (Lipinski definition) is 2. The smallest absolute Gasteiger partial charge is 0.202 e. The van der Waals surface area contributed by atoms with Crippen molar-refractivity contribution in [1.82, 2.24) is 14.9 Å². The number of aliphatic hydroxyl groups is 1. The zero-order valence-electron chi connectivity index (χ0n) is 8.63. The van der Waals surface area contributed by atoms with Crippen LogP contribution in [0.25, 0.3) is 0 Å². The summed E-state index contributed by atoms with van der Waals surface area (Å²) in [5.74, 6) is 0.905. The van der Waals surface area contributed by atoms with Crippen LogP contribution in [0.3, 0.4) is 0 Å². The van der Waals surface area contributed by atoms with Crippen LogP contribution in [0, 0.1) is 0 Å². The maximum absolute atomic E-state index is 9.57. The molecule has 1 saturated heterocycles. The van der Waals surface area contributed by atoms with Crippen molar-refractivity contribution in [2.24, 2.45) is 0 Å². The predicted molar refractivity (Wildman–Crippen MR) is 58.6 cm³/mol. The van der Waals surface area contributed by atoms with Gasteiger partial charge in [0.1, 0.15) is 6.23 Å². The van der Waals surface area contributed by atoms with Gasteiger partial charge in [0.25, 0.3) is 0 Å². The first-order valence-corrected chi connectivity index (χ1v) is 5.10. The van der Waals surface area contributed by atoms with Crippen LogP contribution in [0.5, 0.6) is 0 Å². The molecule has 0 bridgehead atoms. The summed E-state index contributed by atoms with van der Waals surface area (Å²) in [7, 11) is 0. The van der Waals surface area contributed by atoms with Gasteiger partial charge < -0.3 is 15.0 Å². The number of H-pyrrole nitrogens is 1. The molecule has 0 aromatic carbocycles. The standard InChI is InChI=1S/C10H16N4O/c1-2-9(15)13-5-7-14(8-6-13)10-11-3-4-12-10/h2-4,9,15H,1,5-8H2,(H,11,12). The molecular weight excluding hydrogens is 192 g/mol. The molecular formula is C10H16N4O. The third-order valence-electron chi connectivity index (χ3n) is 2.68. The summed E-state index contributed by atoms with van der Waals surface area (Å²) in [5, 5.41) is 9.57. The molecule has 0 saturated carbocycles. The molecule has 2 rings (SSSR count). The van der Waals surface area contributed by atoms with Crippen molar-refractivity contribution < 1.29 is 5.11 Å². The van der Waals surface area contributed by atoms with Crippen molar-refractivity contribution >= 4 is 5.95 Å². The minimum atomic E-state index is -0.524. The second-order valence-corrected chi connectivity index (χ2v) is 3.59. The number of aromatic amines is 1. The first kappa shape index (κ1) is 10.2. The van der Waals surface area contributed by atoms with E-state index in [2.05, 4.69) is 21.4 Å². The molecule has 1 aliphatic heterocycles. The highest BCUT2D eigenvalue weighted by Crippen LogP contribution is 2.11. The average Bonchev–Trinajstić information content (AvgIpc) is 2.82. The third kappa shape index (κ3) is 2.19. The maximum Gasteiger partial charge on any atom is 0.202 e. The van der Waals surface area contributed by atoms with E-state index in [4.69, 9.17) is 0 Å².